The second kappa shape index (κ2) is 11.3. The zero-order valence-corrected chi connectivity index (χ0v) is 22.4. The molecule has 1 atom stereocenters. The topological polar surface area (TPSA) is 34.3 Å². The molecule has 0 saturated heterocycles. The summed E-state index contributed by atoms with van der Waals surface area (Å²) in [5, 5.41) is 18.0. The molecule has 158 valence electrons. The first-order valence-electron chi connectivity index (χ1n) is 10.0. The Hall–Kier alpha value is -0.366. The number of benzene rings is 2. The van der Waals surface area contributed by atoms with Gasteiger partial charge in [0, 0.05) is 10.9 Å². The van der Waals surface area contributed by atoms with Crippen molar-refractivity contribution in [2.45, 2.75) is 72.8 Å². The number of rotatable bonds is 5. The minimum atomic E-state index is -0.101. The second-order valence-corrected chi connectivity index (χ2v) is 10.6. The van der Waals surface area contributed by atoms with Crippen molar-refractivity contribution in [3.05, 3.63) is 57.9 Å². The monoisotopic (exact) mass is 467 g/mol. The van der Waals surface area contributed by atoms with Crippen molar-refractivity contribution in [2.24, 2.45) is 0 Å². The van der Waals surface area contributed by atoms with Crippen LogP contribution in [0, 0.1) is 6.92 Å². The second-order valence-electron chi connectivity index (χ2n) is 9.35. The molecule has 2 aromatic rings. The fraction of sp³-hybridized carbons (Fsp3) is 0.500. The Kier molecular flexibility index (Phi) is 10.4. The summed E-state index contributed by atoms with van der Waals surface area (Å²) in [6.07, 6.45) is 0. The molecule has 0 aliphatic rings. The van der Waals surface area contributed by atoms with Gasteiger partial charge in [-0.15, -0.1) is 6.54 Å². The van der Waals surface area contributed by atoms with Crippen molar-refractivity contribution in [1.82, 2.24) is 0 Å². The average molecular weight is 468 g/mol. The SMILES string of the molecule is CC[N-]Cc1cccc(C)c1Pc1cc(C(C)(C)C)cc(C(C)(C)C)c1O.[Cl][Ti+]. The molecule has 0 aliphatic carbocycles. The van der Waals surface area contributed by atoms with E-state index in [0.717, 1.165) is 24.0 Å². The van der Waals surface area contributed by atoms with Crippen LogP contribution in [0.3, 0.4) is 0 Å². The zero-order valence-electron chi connectivity index (χ0n) is 19.1. The maximum absolute atomic E-state index is 11.1. The number of hydrogen-bond donors (Lipinski definition) is 1. The summed E-state index contributed by atoms with van der Waals surface area (Å²) in [5.74, 6) is 0.454. The van der Waals surface area contributed by atoms with Crippen LogP contribution in [0.25, 0.3) is 5.32 Å². The first-order chi connectivity index (χ1) is 13.4. The molecule has 0 heterocycles. The van der Waals surface area contributed by atoms with Crippen LogP contribution in [0.5, 0.6) is 5.75 Å². The van der Waals surface area contributed by atoms with Crippen molar-refractivity contribution in [1.29, 1.82) is 0 Å². The maximum atomic E-state index is 11.1. The molecule has 1 N–H and O–H groups in total. The molecule has 0 radical (unpaired) electrons. The Morgan fingerprint density at radius 1 is 1.03 bits per heavy atom. The van der Waals surface area contributed by atoms with Gasteiger partial charge in [-0.3, -0.25) is 0 Å². The normalized spacial score (nSPS) is 12.1. The van der Waals surface area contributed by atoms with Crippen LogP contribution in [0.15, 0.2) is 30.3 Å². The molecule has 2 rings (SSSR count). The molecule has 1 unspecified atom stereocenters. The van der Waals surface area contributed by atoms with Gasteiger partial charge in [-0.1, -0.05) is 86.9 Å². The molecule has 0 bridgehead atoms. The first-order valence-corrected chi connectivity index (χ1v) is 13.2. The van der Waals surface area contributed by atoms with Crippen molar-refractivity contribution >= 4 is 28.5 Å². The van der Waals surface area contributed by atoms with E-state index in [2.05, 4.69) is 100 Å². The van der Waals surface area contributed by atoms with Gasteiger partial charge in [-0.2, -0.15) is 6.54 Å². The van der Waals surface area contributed by atoms with Crippen molar-refractivity contribution in [2.75, 3.05) is 6.54 Å². The zero-order chi connectivity index (χ0) is 22.4. The number of phenolic OH excluding ortho intramolecular Hbond substituents is 1. The third kappa shape index (κ3) is 7.37. The predicted molar refractivity (Wildman–Crippen MR) is 128 cm³/mol. The summed E-state index contributed by atoms with van der Waals surface area (Å²) < 4.78 is 0. The summed E-state index contributed by atoms with van der Waals surface area (Å²) in [7, 11) is 5.06. The van der Waals surface area contributed by atoms with Gasteiger partial charge in [0.2, 0.25) is 0 Å². The Labute approximate surface area is 195 Å². The third-order valence-electron chi connectivity index (χ3n) is 4.91. The van der Waals surface area contributed by atoms with Gasteiger partial charge in [0.15, 0.2) is 0 Å². The fourth-order valence-corrected chi connectivity index (χ4v) is 4.49. The van der Waals surface area contributed by atoms with Crippen LogP contribution < -0.4 is 10.6 Å². The molecule has 0 aliphatic heterocycles. The molecular weight excluding hydrogens is 433 g/mol. The van der Waals surface area contributed by atoms with Gasteiger partial charge in [0.25, 0.3) is 0 Å². The average Bonchev–Trinajstić information content (AvgIpc) is 2.63. The quantitative estimate of drug-likeness (QED) is 0.395. The molecule has 0 saturated carbocycles. The number of nitrogens with zero attached hydrogens (tertiary/aromatic N) is 1. The van der Waals surface area contributed by atoms with E-state index in [9.17, 15) is 5.11 Å². The Bertz CT molecular complexity index is 810. The molecule has 0 fully saturated rings. The first kappa shape index (κ1) is 26.7. The summed E-state index contributed by atoms with van der Waals surface area (Å²) in [5.41, 5.74) is 4.80. The molecule has 29 heavy (non-hydrogen) atoms. The summed E-state index contributed by atoms with van der Waals surface area (Å²) >= 11 is 1.47. The van der Waals surface area contributed by atoms with E-state index in [-0.39, 0.29) is 10.8 Å². The van der Waals surface area contributed by atoms with Crippen molar-refractivity contribution in [3.8, 4) is 5.75 Å². The van der Waals surface area contributed by atoms with E-state index in [1.165, 1.54) is 41.4 Å². The van der Waals surface area contributed by atoms with Crippen molar-refractivity contribution in [3.63, 3.8) is 0 Å². The van der Waals surface area contributed by atoms with Crippen LogP contribution in [0.4, 0.5) is 0 Å². The number of phenols is 1. The van der Waals surface area contributed by atoms with Crippen LogP contribution in [-0.4, -0.2) is 11.7 Å². The van der Waals surface area contributed by atoms with E-state index in [4.69, 9.17) is 0 Å². The number of halogens is 1. The van der Waals surface area contributed by atoms with Crippen LogP contribution >= 0.6 is 17.9 Å². The van der Waals surface area contributed by atoms with Gasteiger partial charge in [-0.25, -0.2) is 0 Å². The van der Waals surface area contributed by atoms with Crippen molar-refractivity contribution < 1.29 is 24.5 Å². The fourth-order valence-electron chi connectivity index (χ4n) is 3.14. The predicted octanol–water partition coefficient (Wildman–Crippen LogP) is 6.51. The van der Waals surface area contributed by atoms with E-state index < -0.39 is 0 Å². The third-order valence-corrected chi connectivity index (χ3v) is 6.52. The minimum absolute atomic E-state index is 0.0407. The van der Waals surface area contributed by atoms with E-state index in [0.29, 0.717) is 14.3 Å². The van der Waals surface area contributed by atoms with Gasteiger partial charge >= 0.3 is 28.7 Å². The molecular formula is C24H35ClNOPTi. The van der Waals surface area contributed by atoms with E-state index in [1.807, 2.05) is 0 Å². The number of aryl methyl sites for hydroxylation is 1. The summed E-state index contributed by atoms with van der Waals surface area (Å²) in [4.78, 5) is 0. The Balaban J connectivity index is 0.00000204. The van der Waals surface area contributed by atoms with E-state index >= 15 is 0 Å². The molecule has 2 nitrogen and oxygen atoms in total. The molecule has 2 aromatic carbocycles. The Morgan fingerprint density at radius 3 is 2.17 bits per heavy atom. The van der Waals surface area contributed by atoms with E-state index in [1.54, 1.807) is 0 Å². The summed E-state index contributed by atoms with van der Waals surface area (Å²) in [6, 6.07) is 10.8. The van der Waals surface area contributed by atoms with Crippen LogP contribution in [0.1, 0.15) is 70.7 Å². The Morgan fingerprint density at radius 2 is 1.66 bits per heavy atom. The molecule has 0 aromatic heterocycles. The van der Waals surface area contributed by atoms with Gasteiger partial charge < -0.3 is 10.4 Å². The van der Waals surface area contributed by atoms with Crippen LogP contribution in [-0.2, 0) is 36.7 Å². The molecule has 0 spiro atoms. The van der Waals surface area contributed by atoms with Crippen LogP contribution in [0.2, 0.25) is 0 Å². The number of hydrogen-bond acceptors (Lipinski definition) is 1. The number of aromatic hydroxyl groups is 1. The molecule has 5 heteroatoms. The molecule has 0 amide bonds. The van der Waals surface area contributed by atoms with Gasteiger partial charge in [-0.05, 0) is 40.3 Å². The van der Waals surface area contributed by atoms with Gasteiger partial charge in [0.05, 0.1) is 0 Å². The summed E-state index contributed by atoms with van der Waals surface area (Å²) in [6.45, 7) is 19.0. The van der Waals surface area contributed by atoms with Gasteiger partial charge in [0.1, 0.15) is 5.75 Å². The standard InChI is InChI=1S/C24H35NOP.ClH.Ti/c1-9-25-15-17-12-10-11-16(2)22(17)27-20-14-18(23(3,4)5)13-19(21(20)26)24(6,7)8;;/h10-14,26-27H,9,15H2,1-8H3;1H;/q-1;;+2/p-1.